The topological polar surface area (TPSA) is 44.5 Å². The summed E-state index contributed by atoms with van der Waals surface area (Å²) in [5.41, 5.74) is 5.84. The molecule has 0 aromatic carbocycles. The monoisotopic (exact) mass is 171 g/mol. The lowest BCUT2D eigenvalue weighted by Crippen LogP contribution is -2.36. The Morgan fingerprint density at radius 3 is 2.58 bits per heavy atom. The molecule has 5 unspecified atom stereocenters. The van der Waals surface area contributed by atoms with Gasteiger partial charge in [0.1, 0.15) is 0 Å². The third kappa shape index (κ3) is 1.16. The van der Waals surface area contributed by atoms with Gasteiger partial charge < -0.3 is 15.2 Å². The number of rotatable bonds is 1. The zero-order valence-corrected chi connectivity index (χ0v) is 7.69. The van der Waals surface area contributed by atoms with Crippen molar-refractivity contribution in [3.05, 3.63) is 0 Å². The highest BCUT2D eigenvalue weighted by Gasteiger charge is 2.46. The highest BCUT2D eigenvalue weighted by Crippen LogP contribution is 2.35. The predicted octanol–water partition coefficient (Wildman–Crippen LogP) is 0.383. The molecule has 0 saturated carbocycles. The van der Waals surface area contributed by atoms with Crippen LogP contribution in [0.4, 0.5) is 0 Å². The lowest BCUT2D eigenvalue weighted by atomic mass is 9.93. The van der Waals surface area contributed by atoms with Crippen LogP contribution in [-0.4, -0.2) is 31.5 Å². The Morgan fingerprint density at radius 2 is 1.92 bits per heavy atom. The minimum Gasteiger partial charge on any atom is -0.375 e. The lowest BCUT2D eigenvalue weighted by Gasteiger charge is -2.18. The van der Waals surface area contributed by atoms with Crippen LogP contribution in [0.15, 0.2) is 0 Å². The Bertz CT molecular complexity index is 172. The summed E-state index contributed by atoms with van der Waals surface area (Å²) in [6, 6.07) is 0.185. The average molecular weight is 171 g/mol. The van der Waals surface area contributed by atoms with Crippen LogP contribution in [0.25, 0.3) is 0 Å². The third-order valence-corrected chi connectivity index (χ3v) is 3.01. The SMILES string of the molecule is CC(N)C1COC2C(C)COC12. The second kappa shape index (κ2) is 2.98. The first kappa shape index (κ1) is 8.48. The predicted molar refractivity (Wildman–Crippen MR) is 45.8 cm³/mol. The Labute approximate surface area is 73.2 Å². The molecule has 2 saturated heterocycles. The van der Waals surface area contributed by atoms with E-state index in [4.69, 9.17) is 15.2 Å². The van der Waals surface area contributed by atoms with E-state index in [1.165, 1.54) is 0 Å². The molecule has 0 aliphatic carbocycles. The Balaban J connectivity index is 2.05. The van der Waals surface area contributed by atoms with Gasteiger partial charge in [-0.15, -0.1) is 0 Å². The molecule has 0 radical (unpaired) electrons. The van der Waals surface area contributed by atoms with Crippen LogP contribution in [-0.2, 0) is 9.47 Å². The van der Waals surface area contributed by atoms with Crippen molar-refractivity contribution in [2.45, 2.75) is 32.1 Å². The van der Waals surface area contributed by atoms with Gasteiger partial charge in [0.25, 0.3) is 0 Å². The maximum absolute atomic E-state index is 5.84. The second-order valence-electron chi connectivity index (χ2n) is 4.10. The summed E-state index contributed by atoms with van der Waals surface area (Å²) in [5, 5.41) is 0. The fourth-order valence-corrected chi connectivity index (χ4v) is 2.17. The van der Waals surface area contributed by atoms with Crippen LogP contribution >= 0.6 is 0 Å². The van der Waals surface area contributed by atoms with Crippen LogP contribution in [0.2, 0.25) is 0 Å². The van der Waals surface area contributed by atoms with E-state index in [9.17, 15) is 0 Å². The first-order valence-corrected chi connectivity index (χ1v) is 4.69. The molecule has 3 heteroatoms. The molecule has 3 nitrogen and oxygen atoms in total. The van der Waals surface area contributed by atoms with E-state index in [1.54, 1.807) is 0 Å². The van der Waals surface area contributed by atoms with E-state index in [0.717, 1.165) is 13.2 Å². The molecule has 5 atom stereocenters. The van der Waals surface area contributed by atoms with E-state index >= 15 is 0 Å². The van der Waals surface area contributed by atoms with E-state index < -0.39 is 0 Å². The Morgan fingerprint density at radius 1 is 1.25 bits per heavy atom. The van der Waals surface area contributed by atoms with Gasteiger partial charge in [0.05, 0.1) is 25.4 Å². The quantitative estimate of drug-likeness (QED) is 0.620. The highest BCUT2D eigenvalue weighted by atomic mass is 16.6. The van der Waals surface area contributed by atoms with Crippen molar-refractivity contribution in [2.24, 2.45) is 17.6 Å². The lowest BCUT2D eigenvalue weighted by molar-refractivity contribution is 0.0592. The van der Waals surface area contributed by atoms with Crippen LogP contribution < -0.4 is 5.73 Å². The molecule has 2 fully saturated rings. The van der Waals surface area contributed by atoms with Crippen molar-refractivity contribution in [3.63, 3.8) is 0 Å². The number of nitrogens with two attached hydrogens (primary N) is 1. The number of ether oxygens (including phenoxy) is 2. The van der Waals surface area contributed by atoms with Crippen molar-refractivity contribution in [1.29, 1.82) is 0 Å². The third-order valence-electron chi connectivity index (χ3n) is 3.01. The zero-order chi connectivity index (χ0) is 8.72. The van der Waals surface area contributed by atoms with Crippen molar-refractivity contribution in [2.75, 3.05) is 13.2 Å². The molecular formula is C9H17NO2. The van der Waals surface area contributed by atoms with Gasteiger partial charge in [-0.25, -0.2) is 0 Å². The van der Waals surface area contributed by atoms with Crippen LogP contribution in [0.3, 0.4) is 0 Å². The maximum atomic E-state index is 5.84. The summed E-state index contributed by atoms with van der Waals surface area (Å²) in [6.07, 6.45) is 0.570. The van der Waals surface area contributed by atoms with Gasteiger partial charge in [-0.05, 0) is 6.92 Å². The zero-order valence-electron chi connectivity index (χ0n) is 7.69. The number of hydrogen-bond acceptors (Lipinski definition) is 3. The van der Waals surface area contributed by atoms with Crippen LogP contribution in [0, 0.1) is 11.8 Å². The average Bonchev–Trinajstić information content (AvgIpc) is 2.53. The van der Waals surface area contributed by atoms with E-state index in [2.05, 4.69) is 6.92 Å². The van der Waals surface area contributed by atoms with Crippen LogP contribution in [0.1, 0.15) is 13.8 Å². The van der Waals surface area contributed by atoms with Gasteiger partial charge in [0, 0.05) is 17.9 Å². The highest BCUT2D eigenvalue weighted by molar-refractivity contribution is 4.94. The van der Waals surface area contributed by atoms with Crippen molar-refractivity contribution < 1.29 is 9.47 Å². The fraction of sp³-hybridized carbons (Fsp3) is 1.00. The van der Waals surface area contributed by atoms with Gasteiger partial charge >= 0.3 is 0 Å². The summed E-state index contributed by atoms with van der Waals surface area (Å²) in [4.78, 5) is 0. The molecule has 12 heavy (non-hydrogen) atoms. The summed E-state index contributed by atoms with van der Waals surface area (Å²) in [7, 11) is 0. The molecule has 0 bridgehead atoms. The van der Waals surface area contributed by atoms with E-state index in [-0.39, 0.29) is 12.1 Å². The second-order valence-corrected chi connectivity index (χ2v) is 4.10. The van der Waals surface area contributed by atoms with Crippen molar-refractivity contribution in [1.82, 2.24) is 0 Å². The minimum absolute atomic E-state index is 0.185. The van der Waals surface area contributed by atoms with Gasteiger partial charge in [-0.3, -0.25) is 0 Å². The summed E-state index contributed by atoms with van der Waals surface area (Å²) < 4.78 is 11.3. The molecular weight excluding hydrogens is 154 g/mol. The molecule has 2 aliphatic rings. The van der Waals surface area contributed by atoms with Gasteiger partial charge in [0.15, 0.2) is 0 Å². The summed E-state index contributed by atoms with van der Waals surface area (Å²) in [6.45, 7) is 5.81. The number of hydrogen-bond donors (Lipinski definition) is 1. The minimum atomic E-state index is 0.185. The molecule has 0 amide bonds. The van der Waals surface area contributed by atoms with Crippen molar-refractivity contribution >= 4 is 0 Å². The van der Waals surface area contributed by atoms with E-state index in [1.807, 2.05) is 6.92 Å². The van der Waals surface area contributed by atoms with Crippen molar-refractivity contribution in [3.8, 4) is 0 Å². The molecule has 2 rings (SSSR count). The molecule has 0 aromatic heterocycles. The summed E-state index contributed by atoms with van der Waals surface area (Å²) in [5.74, 6) is 0.943. The normalized spacial score (nSPS) is 49.2. The maximum Gasteiger partial charge on any atom is 0.0905 e. The standard InChI is InChI=1S/C9H17NO2/c1-5-3-11-9-7(6(2)10)4-12-8(5)9/h5-9H,3-4,10H2,1-2H3. The van der Waals surface area contributed by atoms with Crippen LogP contribution in [0.5, 0.6) is 0 Å². The molecule has 2 N–H and O–H groups in total. The molecule has 70 valence electrons. The summed E-state index contributed by atoms with van der Waals surface area (Å²) >= 11 is 0. The first-order valence-electron chi connectivity index (χ1n) is 4.69. The molecule has 2 heterocycles. The van der Waals surface area contributed by atoms with E-state index in [0.29, 0.717) is 17.9 Å². The van der Waals surface area contributed by atoms with Gasteiger partial charge in [-0.1, -0.05) is 6.92 Å². The molecule has 0 spiro atoms. The van der Waals surface area contributed by atoms with Gasteiger partial charge in [-0.2, -0.15) is 0 Å². The van der Waals surface area contributed by atoms with Gasteiger partial charge in [0.2, 0.25) is 0 Å². The molecule has 2 aliphatic heterocycles. The largest absolute Gasteiger partial charge is 0.375 e. The first-order chi connectivity index (χ1) is 5.70. The smallest absolute Gasteiger partial charge is 0.0905 e. The Kier molecular flexibility index (Phi) is 2.10. The fourth-order valence-electron chi connectivity index (χ4n) is 2.17. The number of fused-ring (bicyclic) bond motifs is 1. The Hall–Kier alpha value is -0.120. The molecule has 0 aromatic rings.